The van der Waals surface area contributed by atoms with E-state index < -0.39 is 0 Å². The lowest BCUT2D eigenvalue weighted by Gasteiger charge is -2.30. The minimum Gasteiger partial charge on any atom is -0.309 e. The number of para-hydroxylation sites is 2. The Balaban J connectivity index is 1.17. The minimum atomic E-state index is -0.00433. The quantitative estimate of drug-likeness (QED) is 0.147. The van der Waals surface area contributed by atoms with Crippen LogP contribution in [0.4, 0.5) is 17.1 Å². The summed E-state index contributed by atoms with van der Waals surface area (Å²) in [6.07, 6.45) is 0. The third kappa shape index (κ3) is 8.27. The van der Waals surface area contributed by atoms with Crippen LogP contribution in [0.15, 0.2) is 224 Å². The molecular formula is C64H55N. The molecule has 0 saturated carbocycles. The summed E-state index contributed by atoms with van der Waals surface area (Å²) in [4.78, 5) is 2.47. The van der Waals surface area contributed by atoms with Crippen LogP contribution >= 0.6 is 0 Å². The summed E-state index contributed by atoms with van der Waals surface area (Å²) in [5, 5.41) is 4.96. The third-order valence-corrected chi connectivity index (χ3v) is 13.0. The summed E-state index contributed by atoms with van der Waals surface area (Å²) in [5.41, 5.74) is 18.0. The molecule has 0 radical (unpaired) electrons. The number of rotatable bonds is 8. The minimum absolute atomic E-state index is 0.00433. The lowest BCUT2D eigenvalue weighted by atomic mass is 9.78. The van der Waals surface area contributed by atoms with Crippen molar-refractivity contribution in [3.63, 3.8) is 0 Å². The molecule has 10 aromatic rings. The van der Waals surface area contributed by atoms with Gasteiger partial charge in [0, 0.05) is 16.8 Å². The van der Waals surface area contributed by atoms with E-state index in [0.717, 1.165) is 28.2 Å². The van der Waals surface area contributed by atoms with E-state index in [1.165, 1.54) is 77.2 Å². The molecule has 316 valence electrons. The van der Waals surface area contributed by atoms with Gasteiger partial charge >= 0.3 is 0 Å². The molecule has 0 fully saturated rings. The summed E-state index contributed by atoms with van der Waals surface area (Å²) in [5.74, 6) is 0. The van der Waals surface area contributed by atoms with Crippen molar-refractivity contribution in [3.05, 3.63) is 236 Å². The smallest absolute Gasteiger partial charge is 0.0540 e. The molecule has 10 aromatic carbocycles. The Morgan fingerprint density at radius 2 is 0.738 bits per heavy atom. The van der Waals surface area contributed by atoms with Gasteiger partial charge in [0.2, 0.25) is 0 Å². The van der Waals surface area contributed by atoms with E-state index in [4.69, 9.17) is 0 Å². The highest BCUT2D eigenvalue weighted by Crippen LogP contribution is 2.48. The van der Waals surface area contributed by atoms with Gasteiger partial charge < -0.3 is 4.90 Å². The zero-order valence-electron chi connectivity index (χ0n) is 38.3. The first kappa shape index (κ1) is 41.5. The first-order valence-electron chi connectivity index (χ1n) is 22.9. The highest BCUT2D eigenvalue weighted by atomic mass is 15.1. The molecule has 65 heavy (non-hydrogen) atoms. The van der Waals surface area contributed by atoms with Gasteiger partial charge in [0.05, 0.1) is 11.4 Å². The molecule has 0 aliphatic carbocycles. The van der Waals surface area contributed by atoms with Gasteiger partial charge in [-0.05, 0) is 118 Å². The molecule has 0 aliphatic heterocycles. The molecule has 1 nitrogen and oxygen atoms in total. The Bertz CT molecular complexity index is 3270. The number of hydrogen-bond donors (Lipinski definition) is 0. The molecule has 0 amide bonds. The van der Waals surface area contributed by atoms with Crippen molar-refractivity contribution in [2.75, 3.05) is 4.90 Å². The Hall–Kier alpha value is -7.48. The van der Waals surface area contributed by atoms with E-state index in [1.807, 2.05) is 0 Å². The van der Waals surface area contributed by atoms with Crippen molar-refractivity contribution in [1.82, 2.24) is 0 Å². The van der Waals surface area contributed by atoms with E-state index in [0.29, 0.717) is 0 Å². The average molecular weight is 838 g/mol. The van der Waals surface area contributed by atoms with Gasteiger partial charge in [-0.2, -0.15) is 0 Å². The maximum Gasteiger partial charge on any atom is 0.0540 e. The van der Waals surface area contributed by atoms with Crippen LogP contribution in [0.25, 0.3) is 77.2 Å². The normalized spacial score (nSPS) is 11.8. The SMILES string of the molecule is CC(C)(C)c1cc(-c2cccc3cccc(-c4ccccc4N(c4ccc(-c5ccc6ccccc6c5)cc4)c4ccccc4-c4ccc(-c5ccccc5)cc4)c23)cc(C(C)(C)C)c1. The summed E-state index contributed by atoms with van der Waals surface area (Å²) < 4.78 is 0. The van der Waals surface area contributed by atoms with Gasteiger partial charge in [0.25, 0.3) is 0 Å². The first-order chi connectivity index (χ1) is 31.5. The number of fused-ring (bicyclic) bond motifs is 2. The summed E-state index contributed by atoms with van der Waals surface area (Å²) in [6.45, 7) is 13.9. The fourth-order valence-corrected chi connectivity index (χ4v) is 9.32. The lowest BCUT2D eigenvalue weighted by Crippen LogP contribution is -2.16. The van der Waals surface area contributed by atoms with Gasteiger partial charge in [0.1, 0.15) is 0 Å². The zero-order valence-corrected chi connectivity index (χ0v) is 38.3. The average Bonchev–Trinajstić information content (AvgIpc) is 3.34. The van der Waals surface area contributed by atoms with Crippen LogP contribution in [0.1, 0.15) is 52.7 Å². The molecule has 0 aromatic heterocycles. The van der Waals surface area contributed by atoms with Crippen molar-refractivity contribution in [2.24, 2.45) is 0 Å². The fraction of sp³-hybridized carbons (Fsp3) is 0.125. The molecule has 0 bridgehead atoms. The highest BCUT2D eigenvalue weighted by Gasteiger charge is 2.24. The molecule has 0 N–H and O–H groups in total. The molecule has 0 saturated heterocycles. The predicted octanol–water partition coefficient (Wildman–Crippen LogP) is 18.4. The molecule has 0 heterocycles. The van der Waals surface area contributed by atoms with Crippen LogP contribution in [0, 0.1) is 0 Å². The van der Waals surface area contributed by atoms with E-state index >= 15 is 0 Å². The standard InChI is InChI=1S/C64H55N/c1-63(2,3)53-41-52(42-54(43-53)64(4,5)6)57-26-16-22-49-23-17-27-59(62(49)57)58-25-13-15-29-61(58)65(55-38-36-47(37-39-55)51-35-32-45-20-10-11-21-50(45)40-51)60-28-14-12-24-56(60)48-33-30-46(31-34-48)44-18-8-7-9-19-44/h7-43H,1-6H3. The third-order valence-electron chi connectivity index (χ3n) is 13.0. The second kappa shape index (κ2) is 16.9. The van der Waals surface area contributed by atoms with Crippen molar-refractivity contribution in [1.29, 1.82) is 0 Å². The molecule has 0 spiro atoms. The molecule has 0 unspecified atom stereocenters. The second-order valence-electron chi connectivity index (χ2n) is 19.4. The van der Waals surface area contributed by atoms with Gasteiger partial charge in [-0.15, -0.1) is 0 Å². The van der Waals surface area contributed by atoms with Crippen LogP contribution in [-0.4, -0.2) is 0 Å². The first-order valence-corrected chi connectivity index (χ1v) is 22.9. The summed E-state index contributed by atoms with van der Waals surface area (Å²) >= 11 is 0. The van der Waals surface area contributed by atoms with Crippen LogP contribution < -0.4 is 4.90 Å². The van der Waals surface area contributed by atoms with E-state index in [2.05, 4.69) is 271 Å². The highest BCUT2D eigenvalue weighted by molar-refractivity contribution is 6.09. The van der Waals surface area contributed by atoms with Crippen molar-refractivity contribution < 1.29 is 0 Å². The molecule has 0 aliphatic rings. The Morgan fingerprint density at radius 3 is 1.40 bits per heavy atom. The van der Waals surface area contributed by atoms with Gasteiger partial charge in [-0.1, -0.05) is 236 Å². The van der Waals surface area contributed by atoms with Gasteiger partial charge in [-0.25, -0.2) is 0 Å². The predicted molar refractivity (Wildman–Crippen MR) is 281 cm³/mol. The molecule has 0 atom stereocenters. The summed E-state index contributed by atoms with van der Waals surface area (Å²) in [6, 6.07) is 82.8. The van der Waals surface area contributed by atoms with Crippen molar-refractivity contribution in [2.45, 2.75) is 52.4 Å². The zero-order chi connectivity index (χ0) is 44.7. The maximum atomic E-state index is 2.47. The Kier molecular flexibility index (Phi) is 10.8. The number of anilines is 3. The Morgan fingerprint density at radius 1 is 0.277 bits per heavy atom. The lowest BCUT2D eigenvalue weighted by molar-refractivity contribution is 0.569. The van der Waals surface area contributed by atoms with E-state index in [-0.39, 0.29) is 10.8 Å². The number of nitrogens with zero attached hydrogens (tertiary/aromatic N) is 1. The van der Waals surface area contributed by atoms with Crippen LogP contribution in [0.3, 0.4) is 0 Å². The monoisotopic (exact) mass is 837 g/mol. The fourth-order valence-electron chi connectivity index (χ4n) is 9.32. The summed E-state index contributed by atoms with van der Waals surface area (Å²) in [7, 11) is 0. The molecular weight excluding hydrogens is 783 g/mol. The largest absolute Gasteiger partial charge is 0.309 e. The number of hydrogen-bond acceptors (Lipinski definition) is 1. The Labute approximate surface area is 385 Å². The maximum absolute atomic E-state index is 2.47. The van der Waals surface area contributed by atoms with Crippen LogP contribution in [0.2, 0.25) is 0 Å². The van der Waals surface area contributed by atoms with Crippen molar-refractivity contribution >= 4 is 38.6 Å². The van der Waals surface area contributed by atoms with Gasteiger partial charge in [-0.3, -0.25) is 0 Å². The van der Waals surface area contributed by atoms with Crippen molar-refractivity contribution in [3.8, 4) is 55.6 Å². The van der Waals surface area contributed by atoms with E-state index in [1.54, 1.807) is 0 Å². The second-order valence-corrected chi connectivity index (χ2v) is 19.4. The topological polar surface area (TPSA) is 3.24 Å². The van der Waals surface area contributed by atoms with E-state index in [9.17, 15) is 0 Å². The number of benzene rings is 10. The van der Waals surface area contributed by atoms with Crippen LogP contribution in [-0.2, 0) is 10.8 Å². The molecule has 1 heteroatoms. The molecule has 10 rings (SSSR count). The van der Waals surface area contributed by atoms with Crippen LogP contribution in [0.5, 0.6) is 0 Å². The van der Waals surface area contributed by atoms with Gasteiger partial charge in [0.15, 0.2) is 0 Å².